The second-order valence-corrected chi connectivity index (χ2v) is 2.41. The summed E-state index contributed by atoms with van der Waals surface area (Å²) in [6, 6.07) is 4.03. The summed E-state index contributed by atoms with van der Waals surface area (Å²) in [5.41, 5.74) is -0.269. The van der Waals surface area contributed by atoms with Crippen molar-refractivity contribution in [1.29, 1.82) is 0 Å². The second kappa shape index (κ2) is 5.39. The van der Waals surface area contributed by atoms with Crippen molar-refractivity contribution in [3.05, 3.63) is 29.6 Å². The third-order valence-corrected chi connectivity index (χ3v) is 1.41. The van der Waals surface area contributed by atoms with Gasteiger partial charge in [-0.05, 0) is 12.1 Å². The van der Waals surface area contributed by atoms with Crippen LogP contribution in [-0.2, 0) is 0 Å². The van der Waals surface area contributed by atoms with Gasteiger partial charge in [0.2, 0.25) is 5.12 Å². The van der Waals surface area contributed by atoms with E-state index in [0.29, 0.717) is 0 Å². The zero-order valence-electron chi connectivity index (χ0n) is 6.85. The van der Waals surface area contributed by atoms with E-state index in [-0.39, 0.29) is 40.9 Å². The maximum absolute atomic E-state index is 10.6. The van der Waals surface area contributed by atoms with Crippen LogP contribution in [0.5, 0.6) is 0 Å². The summed E-state index contributed by atoms with van der Waals surface area (Å²) in [7, 11) is 0. The van der Waals surface area contributed by atoms with Crippen LogP contribution in [0.25, 0.3) is 0 Å². The standard InChI is InChI=1S/C7H5NO3S.Na/c9-6(10)4-2-1-3-5(8-4)7(11)12;/h1-3H,(H,9,10)(H,11,12);/q;+1/p-1. The summed E-state index contributed by atoms with van der Waals surface area (Å²) in [5.74, 6) is -1.41. The first kappa shape index (κ1) is 12.6. The van der Waals surface area contributed by atoms with Crippen LogP contribution in [0, 0.1) is 0 Å². The number of aromatic carboxylic acids is 1. The molecule has 0 bridgehead atoms. The van der Waals surface area contributed by atoms with E-state index in [1.807, 2.05) is 0 Å². The number of carboxylic acids is 1. The summed E-state index contributed by atoms with van der Waals surface area (Å²) in [6.07, 6.45) is 0. The third kappa shape index (κ3) is 3.48. The fraction of sp³-hybridized carbons (Fsp3) is 0. The average molecular weight is 205 g/mol. The molecule has 0 radical (unpaired) electrons. The van der Waals surface area contributed by atoms with E-state index < -0.39 is 11.1 Å². The summed E-state index contributed by atoms with van der Waals surface area (Å²) in [4.78, 5) is 24.4. The Hall–Kier alpha value is -0.360. The molecule has 0 aliphatic heterocycles. The van der Waals surface area contributed by atoms with Crippen molar-refractivity contribution in [2.75, 3.05) is 0 Å². The van der Waals surface area contributed by atoms with Crippen molar-refractivity contribution in [3.8, 4) is 0 Å². The minimum atomic E-state index is -1.41. The Labute approximate surface area is 102 Å². The topological polar surface area (TPSA) is 70.1 Å². The molecule has 1 rings (SSSR count). The molecule has 1 aromatic rings. The minimum Gasteiger partial charge on any atom is -0.543 e. The maximum atomic E-state index is 10.6. The van der Waals surface area contributed by atoms with E-state index in [2.05, 4.69) is 17.6 Å². The molecule has 0 atom stereocenters. The van der Waals surface area contributed by atoms with Gasteiger partial charge in [-0.2, -0.15) is 0 Å². The zero-order valence-corrected chi connectivity index (χ0v) is 9.75. The molecule has 0 amide bonds. The van der Waals surface area contributed by atoms with Gasteiger partial charge in [-0.3, -0.25) is 4.79 Å². The van der Waals surface area contributed by atoms with E-state index in [9.17, 15) is 14.7 Å². The Morgan fingerprint density at radius 2 is 1.85 bits per heavy atom. The van der Waals surface area contributed by atoms with Gasteiger partial charge >= 0.3 is 29.6 Å². The van der Waals surface area contributed by atoms with Crippen LogP contribution in [-0.4, -0.2) is 16.1 Å². The van der Waals surface area contributed by atoms with E-state index in [0.717, 1.165) is 0 Å². The van der Waals surface area contributed by atoms with Crippen LogP contribution in [0.3, 0.4) is 0 Å². The molecule has 0 aliphatic rings. The number of pyridine rings is 1. The molecule has 0 saturated carbocycles. The number of carbonyl (C=O) groups is 2. The zero-order chi connectivity index (χ0) is 9.14. The first-order valence-electron chi connectivity index (χ1n) is 3.03. The second-order valence-electron chi connectivity index (χ2n) is 2.00. The molecule has 0 fully saturated rings. The molecule has 0 aliphatic carbocycles. The van der Waals surface area contributed by atoms with Crippen molar-refractivity contribution in [3.63, 3.8) is 0 Å². The Bertz CT molecular complexity index is 313. The monoisotopic (exact) mass is 205 g/mol. The van der Waals surface area contributed by atoms with Crippen LogP contribution in [0.15, 0.2) is 18.2 Å². The number of hydrogen-bond donors (Lipinski definition) is 1. The maximum Gasteiger partial charge on any atom is 1.00 e. The van der Waals surface area contributed by atoms with Gasteiger partial charge in [0.25, 0.3) is 0 Å². The SMILES string of the molecule is O=C([O-])c1cccc(C(=O)S)n1.[Na+]. The van der Waals surface area contributed by atoms with Crippen LogP contribution < -0.4 is 34.7 Å². The summed E-state index contributed by atoms with van der Waals surface area (Å²) in [6.45, 7) is 0. The average Bonchev–Trinajstić information content (AvgIpc) is 2.04. The number of carboxylic acid groups (broad SMARTS) is 1. The summed E-state index contributed by atoms with van der Waals surface area (Å²) >= 11 is 3.49. The predicted molar refractivity (Wildman–Crippen MR) is 41.9 cm³/mol. The smallest absolute Gasteiger partial charge is 0.543 e. The minimum absolute atomic E-state index is 0. The van der Waals surface area contributed by atoms with Crippen LogP contribution >= 0.6 is 12.6 Å². The number of hydrogen-bond acceptors (Lipinski definition) is 4. The van der Waals surface area contributed by atoms with Gasteiger partial charge in [-0.25, -0.2) is 4.98 Å². The summed E-state index contributed by atoms with van der Waals surface area (Å²) in [5, 5.41) is 9.69. The molecule has 6 heteroatoms. The first-order chi connectivity index (χ1) is 5.61. The van der Waals surface area contributed by atoms with Crippen LogP contribution in [0.2, 0.25) is 0 Å². The van der Waals surface area contributed by atoms with Crippen molar-refractivity contribution in [2.24, 2.45) is 0 Å². The molecular formula is C7H4NNaO3S. The van der Waals surface area contributed by atoms with Crippen molar-refractivity contribution >= 4 is 23.7 Å². The number of thiol groups is 1. The molecular weight excluding hydrogens is 201 g/mol. The van der Waals surface area contributed by atoms with Crippen LogP contribution in [0.4, 0.5) is 0 Å². The molecule has 4 nitrogen and oxygen atoms in total. The number of nitrogens with zero attached hydrogens (tertiary/aromatic N) is 1. The fourth-order valence-electron chi connectivity index (χ4n) is 0.668. The van der Waals surface area contributed by atoms with E-state index in [4.69, 9.17) is 0 Å². The molecule has 0 N–H and O–H groups in total. The van der Waals surface area contributed by atoms with Crippen molar-refractivity contribution < 1.29 is 44.3 Å². The fourth-order valence-corrected chi connectivity index (χ4v) is 0.792. The number of rotatable bonds is 2. The van der Waals surface area contributed by atoms with Crippen molar-refractivity contribution in [2.45, 2.75) is 0 Å². The van der Waals surface area contributed by atoms with Crippen molar-refractivity contribution in [1.82, 2.24) is 4.98 Å². The van der Waals surface area contributed by atoms with E-state index >= 15 is 0 Å². The van der Waals surface area contributed by atoms with Gasteiger partial charge in [0.05, 0.1) is 11.7 Å². The normalized spacial score (nSPS) is 8.69. The Morgan fingerprint density at radius 3 is 2.31 bits per heavy atom. The van der Waals surface area contributed by atoms with E-state index in [1.54, 1.807) is 0 Å². The third-order valence-electron chi connectivity index (χ3n) is 1.18. The molecule has 0 aromatic carbocycles. The largest absolute Gasteiger partial charge is 1.00 e. The molecule has 13 heavy (non-hydrogen) atoms. The predicted octanol–water partition coefficient (Wildman–Crippen LogP) is -3.48. The summed E-state index contributed by atoms with van der Waals surface area (Å²) < 4.78 is 0. The van der Waals surface area contributed by atoms with E-state index in [1.165, 1.54) is 18.2 Å². The van der Waals surface area contributed by atoms with Gasteiger partial charge in [0.15, 0.2) is 0 Å². The number of aromatic nitrogens is 1. The first-order valence-corrected chi connectivity index (χ1v) is 3.47. The molecule has 62 valence electrons. The Morgan fingerprint density at radius 1 is 1.31 bits per heavy atom. The van der Waals surface area contributed by atoms with Gasteiger partial charge in [-0.15, -0.1) is 0 Å². The number of carbonyl (C=O) groups excluding carboxylic acids is 2. The molecule has 1 aromatic heterocycles. The van der Waals surface area contributed by atoms with Gasteiger partial charge in [-0.1, -0.05) is 18.7 Å². The van der Waals surface area contributed by atoms with Gasteiger partial charge < -0.3 is 9.90 Å². The van der Waals surface area contributed by atoms with Gasteiger partial charge in [0.1, 0.15) is 5.69 Å². The molecule has 0 unspecified atom stereocenters. The molecule has 0 spiro atoms. The van der Waals surface area contributed by atoms with Gasteiger partial charge in [0, 0.05) is 0 Å². The Balaban J connectivity index is 0.00000144. The molecule has 0 saturated heterocycles. The van der Waals surface area contributed by atoms with Crippen LogP contribution in [0.1, 0.15) is 21.0 Å². The molecule has 1 heterocycles. The Kier molecular flexibility index (Phi) is 5.24. The quantitative estimate of drug-likeness (QED) is 0.402.